The molecule has 0 aromatic heterocycles. The second-order valence-corrected chi connectivity index (χ2v) is 12.0. The summed E-state index contributed by atoms with van der Waals surface area (Å²) in [5, 5.41) is 10.4. The van der Waals surface area contributed by atoms with Crippen LogP contribution in [0.3, 0.4) is 0 Å². The molecule has 21 heavy (non-hydrogen) atoms. The van der Waals surface area contributed by atoms with Crippen LogP contribution < -0.4 is 0 Å². The number of carbonyl (C=O) groups is 1. The maximum atomic E-state index is 11.1. The third kappa shape index (κ3) is 6.76. The molecule has 0 heterocycles. The summed E-state index contributed by atoms with van der Waals surface area (Å²) in [7, 11) is -0.472. The van der Waals surface area contributed by atoms with Gasteiger partial charge >= 0.3 is 5.97 Å². The number of methoxy groups -OCH3 is 1. The van der Waals surface area contributed by atoms with Crippen LogP contribution >= 0.6 is 0 Å². The quantitative estimate of drug-likeness (QED) is 0.443. The van der Waals surface area contributed by atoms with Gasteiger partial charge in [-0.2, -0.15) is 0 Å². The SMILES string of the molecule is COC(=O)C/C=C(\C)[C@@H](C)[C@@H](O)CO[Si](C)(C)C(C)(C)C. The minimum atomic E-state index is -1.84. The van der Waals surface area contributed by atoms with Crippen molar-refractivity contribution >= 4 is 14.3 Å². The van der Waals surface area contributed by atoms with Gasteiger partial charge in [0.05, 0.1) is 26.2 Å². The molecule has 0 rings (SSSR count). The second-order valence-electron chi connectivity index (χ2n) is 7.16. The van der Waals surface area contributed by atoms with Crippen molar-refractivity contribution in [1.29, 1.82) is 0 Å². The van der Waals surface area contributed by atoms with Crippen LogP contribution in [-0.4, -0.2) is 39.2 Å². The van der Waals surface area contributed by atoms with E-state index >= 15 is 0 Å². The van der Waals surface area contributed by atoms with Crippen molar-refractivity contribution in [3.63, 3.8) is 0 Å². The third-order valence-corrected chi connectivity index (χ3v) is 9.04. The van der Waals surface area contributed by atoms with Gasteiger partial charge in [0.15, 0.2) is 8.32 Å². The van der Waals surface area contributed by atoms with Crippen molar-refractivity contribution in [2.45, 2.75) is 65.3 Å². The maximum absolute atomic E-state index is 11.1. The molecule has 0 aliphatic rings. The van der Waals surface area contributed by atoms with E-state index in [0.717, 1.165) is 5.57 Å². The highest BCUT2D eigenvalue weighted by Crippen LogP contribution is 2.36. The monoisotopic (exact) mass is 316 g/mol. The van der Waals surface area contributed by atoms with Crippen molar-refractivity contribution in [3.05, 3.63) is 11.6 Å². The van der Waals surface area contributed by atoms with Gasteiger partial charge in [0, 0.05) is 5.92 Å². The highest BCUT2D eigenvalue weighted by molar-refractivity contribution is 6.74. The predicted molar refractivity (Wildman–Crippen MR) is 88.7 cm³/mol. The molecule has 0 aliphatic heterocycles. The van der Waals surface area contributed by atoms with Gasteiger partial charge in [0.25, 0.3) is 0 Å². The Balaban J connectivity index is 4.52. The Labute approximate surface area is 130 Å². The zero-order valence-corrected chi connectivity index (χ0v) is 15.8. The fourth-order valence-electron chi connectivity index (χ4n) is 1.47. The van der Waals surface area contributed by atoms with E-state index in [4.69, 9.17) is 4.43 Å². The Bertz CT molecular complexity index is 369. The van der Waals surface area contributed by atoms with Crippen LogP contribution in [0, 0.1) is 5.92 Å². The zero-order valence-electron chi connectivity index (χ0n) is 14.8. The first-order valence-electron chi connectivity index (χ1n) is 7.48. The van der Waals surface area contributed by atoms with E-state index < -0.39 is 14.4 Å². The van der Waals surface area contributed by atoms with E-state index in [1.54, 1.807) is 0 Å². The first-order chi connectivity index (χ1) is 9.42. The summed E-state index contributed by atoms with van der Waals surface area (Å²) in [6, 6.07) is 0. The van der Waals surface area contributed by atoms with Crippen LogP contribution in [0.1, 0.15) is 41.0 Å². The van der Waals surface area contributed by atoms with Crippen molar-refractivity contribution in [2.75, 3.05) is 13.7 Å². The summed E-state index contributed by atoms with van der Waals surface area (Å²) in [6.07, 6.45) is 1.49. The van der Waals surface area contributed by atoms with Gasteiger partial charge in [-0.05, 0) is 25.1 Å². The van der Waals surface area contributed by atoms with Gasteiger partial charge in [0.1, 0.15) is 0 Å². The lowest BCUT2D eigenvalue weighted by Gasteiger charge is -2.37. The summed E-state index contributed by atoms with van der Waals surface area (Å²) in [4.78, 5) is 11.1. The number of hydrogen-bond acceptors (Lipinski definition) is 4. The minimum Gasteiger partial charge on any atom is -0.469 e. The maximum Gasteiger partial charge on any atom is 0.309 e. The van der Waals surface area contributed by atoms with E-state index in [9.17, 15) is 9.90 Å². The molecular weight excluding hydrogens is 284 g/mol. The summed E-state index contributed by atoms with van der Waals surface area (Å²) in [6.45, 7) is 15.1. The Morgan fingerprint density at radius 1 is 1.33 bits per heavy atom. The zero-order chi connectivity index (χ0) is 16.8. The molecule has 0 aliphatic carbocycles. The molecule has 0 spiro atoms. The molecule has 0 aromatic rings. The highest BCUT2D eigenvalue weighted by Gasteiger charge is 2.37. The van der Waals surface area contributed by atoms with E-state index in [0.29, 0.717) is 6.61 Å². The van der Waals surface area contributed by atoms with Crippen molar-refractivity contribution in [1.82, 2.24) is 0 Å². The fourth-order valence-corrected chi connectivity index (χ4v) is 2.49. The fraction of sp³-hybridized carbons (Fsp3) is 0.812. The lowest BCUT2D eigenvalue weighted by molar-refractivity contribution is -0.139. The van der Waals surface area contributed by atoms with Crippen LogP contribution in [0.25, 0.3) is 0 Å². The molecule has 0 saturated heterocycles. The second kappa shape index (κ2) is 8.10. The van der Waals surface area contributed by atoms with Crippen LogP contribution in [0.2, 0.25) is 18.1 Å². The number of ether oxygens (including phenoxy) is 1. The predicted octanol–water partition coefficient (Wildman–Crippen LogP) is 3.51. The first kappa shape index (κ1) is 20.3. The first-order valence-corrected chi connectivity index (χ1v) is 10.4. The molecule has 0 aromatic carbocycles. The Morgan fingerprint density at radius 2 is 1.86 bits per heavy atom. The number of aliphatic hydroxyl groups is 1. The minimum absolute atomic E-state index is 0.0422. The van der Waals surface area contributed by atoms with Gasteiger partial charge in [-0.25, -0.2) is 0 Å². The Hall–Kier alpha value is -0.653. The molecule has 0 amide bonds. The van der Waals surface area contributed by atoms with Crippen LogP contribution in [-0.2, 0) is 14.0 Å². The molecule has 0 saturated carbocycles. The van der Waals surface area contributed by atoms with Gasteiger partial charge in [-0.3, -0.25) is 4.79 Å². The van der Waals surface area contributed by atoms with Gasteiger partial charge in [-0.15, -0.1) is 0 Å². The van der Waals surface area contributed by atoms with Crippen LogP contribution in [0.4, 0.5) is 0 Å². The molecular formula is C16H32O4Si. The van der Waals surface area contributed by atoms with Gasteiger partial charge < -0.3 is 14.3 Å². The largest absolute Gasteiger partial charge is 0.469 e. The average Bonchev–Trinajstić information content (AvgIpc) is 2.39. The molecule has 0 bridgehead atoms. The normalized spacial score (nSPS) is 16.5. The summed E-state index contributed by atoms with van der Waals surface area (Å²) in [5.41, 5.74) is 0.978. The molecule has 124 valence electrons. The van der Waals surface area contributed by atoms with E-state index in [1.165, 1.54) is 7.11 Å². The standard InChI is InChI=1S/C16H32O4Si/c1-12(9-10-15(18)19-6)13(2)14(17)11-20-21(7,8)16(3,4)5/h9,13-14,17H,10-11H2,1-8H3/b12-9+/t13-,14+/m1/s1. The highest BCUT2D eigenvalue weighted by atomic mass is 28.4. The smallest absolute Gasteiger partial charge is 0.309 e. The molecule has 0 fully saturated rings. The van der Waals surface area contributed by atoms with Crippen LogP contribution in [0.5, 0.6) is 0 Å². The van der Waals surface area contributed by atoms with Crippen molar-refractivity contribution in [3.8, 4) is 0 Å². The van der Waals surface area contributed by atoms with Crippen molar-refractivity contribution in [2.24, 2.45) is 5.92 Å². The Morgan fingerprint density at radius 3 is 2.29 bits per heavy atom. The summed E-state index contributed by atoms with van der Waals surface area (Å²) < 4.78 is 10.6. The van der Waals surface area contributed by atoms with Crippen LogP contribution in [0.15, 0.2) is 11.6 Å². The van der Waals surface area contributed by atoms with Gasteiger partial charge in [-0.1, -0.05) is 39.3 Å². The molecule has 5 heteroatoms. The summed E-state index contributed by atoms with van der Waals surface area (Å²) >= 11 is 0. The average molecular weight is 317 g/mol. The summed E-state index contributed by atoms with van der Waals surface area (Å²) in [5.74, 6) is -0.312. The molecule has 0 unspecified atom stereocenters. The molecule has 0 radical (unpaired) electrons. The number of carbonyl (C=O) groups excluding carboxylic acids is 1. The number of rotatable bonds is 7. The third-order valence-electron chi connectivity index (χ3n) is 4.53. The lowest BCUT2D eigenvalue weighted by Crippen LogP contribution is -2.43. The molecule has 4 nitrogen and oxygen atoms in total. The van der Waals surface area contributed by atoms with E-state index in [2.05, 4.69) is 38.6 Å². The number of aliphatic hydroxyl groups excluding tert-OH is 1. The number of hydrogen-bond donors (Lipinski definition) is 1. The number of esters is 1. The van der Waals surface area contributed by atoms with Crippen molar-refractivity contribution < 1.29 is 19.1 Å². The van der Waals surface area contributed by atoms with E-state index in [-0.39, 0.29) is 23.3 Å². The van der Waals surface area contributed by atoms with Gasteiger partial charge in [0.2, 0.25) is 0 Å². The Kier molecular flexibility index (Phi) is 7.85. The molecule has 2 atom stereocenters. The lowest BCUT2D eigenvalue weighted by atomic mass is 9.96. The van der Waals surface area contributed by atoms with E-state index in [1.807, 2.05) is 19.9 Å². The molecule has 1 N–H and O–H groups in total. The topological polar surface area (TPSA) is 55.8 Å².